The van der Waals surface area contributed by atoms with E-state index in [0.717, 1.165) is 54.6 Å². The molecule has 3 N–H and O–H groups in total. The van der Waals surface area contributed by atoms with Gasteiger partial charge in [0.2, 0.25) is 0 Å². The molecule has 0 fully saturated rings. The van der Waals surface area contributed by atoms with Crippen molar-refractivity contribution in [2.45, 2.75) is 151 Å². The minimum Gasteiger partial charge on any atom is -0.384 e. The first-order valence-electron chi connectivity index (χ1n) is 37.2. The Morgan fingerprint density at radius 1 is 0.344 bits per heavy atom. The van der Waals surface area contributed by atoms with Gasteiger partial charge in [0.25, 0.3) is 0 Å². The summed E-state index contributed by atoms with van der Waals surface area (Å²) < 4.78 is 224. The number of aromatic nitrogens is 6. The summed E-state index contributed by atoms with van der Waals surface area (Å²) in [6.07, 6.45) is 6.21. The molecule has 0 unspecified atom stereocenters. The molecule has 0 aliphatic heterocycles. The van der Waals surface area contributed by atoms with E-state index in [1.807, 2.05) is 0 Å². The minimum absolute atomic E-state index is 0.109. The summed E-state index contributed by atoms with van der Waals surface area (Å²) in [6.45, 7) is 14.9. The molecule has 0 saturated heterocycles. The number of imidazole rings is 3. The Morgan fingerprint density at radius 2 is 0.557 bits per heavy atom. The third-order valence-corrected chi connectivity index (χ3v) is 27.5. The maximum absolute atomic E-state index is 17.3. The molecular formula is C87H81Cl6F6N6O13PS3. The zero-order valence-electron chi connectivity index (χ0n) is 68.0. The maximum Gasteiger partial charge on any atom is 0.475 e. The van der Waals surface area contributed by atoms with Gasteiger partial charge in [-0.25, -0.2) is 71.1 Å². The van der Waals surface area contributed by atoms with Crippen molar-refractivity contribution in [3.8, 4) is 50.4 Å². The topological polar surface area (TPSA) is 261 Å². The summed E-state index contributed by atoms with van der Waals surface area (Å²) in [7, 11) is -19.8. The van der Waals surface area contributed by atoms with E-state index in [9.17, 15) is 40.6 Å². The van der Waals surface area contributed by atoms with Crippen molar-refractivity contribution in [1.29, 1.82) is 0 Å². The predicted octanol–water partition coefficient (Wildman–Crippen LogP) is 21.9. The van der Waals surface area contributed by atoms with E-state index in [-0.39, 0.29) is 115 Å². The first kappa shape index (κ1) is 92.9. The molecule has 0 amide bonds. The molecule has 644 valence electrons. The van der Waals surface area contributed by atoms with Gasteiger partial charge in [0.05, 0.1) is 84.9 Å². The molecule has 122 heavy (non-hydrogen) atoms. The van der Waals surface area contributed by atoms with Gasteiger partial charge >= 0.3 is 7.82 Å². The number of phosphoric acid groups is 1. The average Bonchev–Trinajstić information content (AvgIpc) is 1.58. The second-order valence-corrected chi connectivity index (χ2v) is 42.8. The van der Waals surface area contributed by atoms with Gasteiger partial charge in [0.1, 0.15) is 69.2 Å². The Kier molecular flexibility index (Phi) is 25.6. The van der Waals surface area contributed by atoms with Crippen molar-refractivity contribution in [1.82, 2.24) is 28.7 Å². The molecule has 12 rings (SSSR count). The van der Waals surface area contributed by atoms with Crippen molar-refractivity contribution in [3.05, 3.63) is 297 Å². The van der Waals surface area contributed by atoms with Gasteiger partial charge in [-0.15, -0.1) is 0 Å². The van der Waals surface area contributed by atoms with Crippen LogP contribution in [-0.4, -0.2) is 88.0 Å². The van der Waals surface area contributed by atoms with Gasteiger partial charge in [-0.05, 0) is 226 Å². The number of aliphatic hydroxyl groups is 3. The van der Waals surface area contributed by atoms with Gasteiger partial charge in [-0.2, -0.15) is 0 Å². The van der Waals surface area contributed by atoms with Crippen LogP contribution >= 0.6 is 77.4 Å². The summed E-state index contributed by atoms with van der Waals surface area (Å²) in [4.78, 5) is 11.6. The number of hydrogen-bond acceptors (Lipinski definition) is 16. The summed E-state index contributed by atoms with van der Waals surface area (Å²) in [5.41, 5.74) is -10.9. The third kappa shape index (κ3) is 18.7. The number of benzene rings is 9. The van der Waals surface area contributed by atoms with E-state index in [2.05, 4.69) is 0 Å². The maximum atomic E-state index is 17.3. The number of nitrogens with zero attached hydrogens (tertiary/aromatic N) is 6. The molecule has 19 nitrogen and oxygen atoms in total. The summed E-state index contributed by atoms with van der Waals surface area (Å²) in [6, 6.07) is 30.4. The van der Waals surface area contributed by atoms with E-state index in [4.69, 9.17) is 98.1 Å². The molecule has 12 aromatic rings. The van der Waals surface area contributed by atoms with Crippen molar-refractivity contribution in [2.24, 2.45) is 0 Å². The smallest absolute Gasteiger partial charge is 0.384 e. The van der Waals surface area contributed by atoms with E-state index in [0.29, 0.717) is 35.5 Å². The van der Waals surface area contributed by atoms with Crippen molar-refractivity contribution in [2.75, 3.05) is 18.8 Å². The largest absolute Gasteiger partial charge is 0.475 e. The van der Waals surface area contributed by atoms with Crippen LogP contribution in [0.5, 0.6) is 0 Å². The number of halogens is 12. The van der Waals surface area contributed by atoms with Gasteiger partial charge in [-0.1, -0.05) is 106 Å². The van der Waals surface area contributed by atoms with Crippen LogP contribution in [0.15, 0.2) is 179 Å². The Hall–Kier alpha value is -8.23. The van der Waals surface area contributed by atoms with Crippen LogP contribution in [0.25, 0.3) is 50.4 Å². The van der Waals surface area contributed by atoms with Crippen molar-refractivity contribution >= 4 is 107 Å². The number of hydrogen-bond donors (Lipinski definition) is 3. The minimum atomic E-state index is -5.82. The molecule has 35 heteroatoms. The Bertz CT molecular complexity index is 5980. The van der Waals surface area contributed by atoms with Gasteiger partial charge in [-0.3, -0.25) is 27.3 Å². The lowest BCUT2D eigenvalue weighted by Gasteiger charge is -2.28. The van der Waals surface area contributed by atoms with Crippen LogP contribution in [0.1, 0.15) is 151 Å². The highest BCUT2D eigenvalue weighted by Gasteiger charge is 2.42. The molecule has 0 spiro atoms. The Balaban J connectivity index is 0.921. The molecular weight excluding hydrogens is 1790 g/mol. The number of sulfone groups is 3. The first-order valence-corrected chi connectivity index (χ1v) is 46.6. The van der Waals surface area contributed by atoms with Crippen LogP contribution in [0.4, 0.5) is 26.3 Å². The summed E-state index contributed by atoms with van der Waals surface area (Å²) >= 11 is 40.2. The Labute approximate surface area is 732 Å². The molecule has 9 aromatic carbocycles. The van der Waals surface area contributed by atoms with E-state index >= 15 is 30.9 Å². The first-order chi connectivity index (χ1) is 56.3. The fourth-order valence-corrected chi connectivity index (χ4v) is 21.0. The molecule has 0 saturated carbocycles. The van der Waals surface area contributed by atoms with Crippen LogP contribution < -0.4 is 0 Å². The highest BCUT2D eigenvalue weighted by Crippen LogP contribution is 2.54. The average molecular weight is 1870 g/mol. The van der Waals surface area contributed by atoms with Gasteiger partial charge in [0.15, 0.2) is 29.5 Å². The molecule has 3 aromatic heterocycles. The normalized spacial score (nSPS) is 13.1. The molecule has 0 radical (unpaired) electrons. The van der Waals surface area contributed by atoms with E-state index in [1.54, 1.807) is 96.1 Å². The summed E-state index contributed by atoms with van der Waals surface area (Å²) in [5.74, 6) is -6.63. The quantitative estimate of drug-likeness (QED) is 0.0319. The number of rotatable bonds is 27. The van der Waals surface area contributed by atoms with Crippen LogP contribution in [0, 0.1) is 34.9 Å². The second kappa shape index (κ2) is 33.6. The van der Waals surface area contributed by atoms with Gasteiger partial charge < -0.3 is 15.3 Å². The van der Waals surface area contributed by atoms with Crippen molar-refractivity contribution < 1.29 is 85.1 Å². The lowest BCUT2D eigenvalue weighted by molar-refractivity contribution is 0.0735. The van der Waals surface area contributed by atoms with Gasteiger partial charge in [0, 0.05) is 101 Å². The fourth-order valence-electron chi connectivity index (χ4n) is 14.5. The highest BCUT2D eigenvalue weighted by molar-refractivity contribution is 7.91. The zero-order chi connectivity index (χ0) is 90.0. The SMILES string of the molecule is CC(C)(O)c1cn(-c2ccc(-c3cc(F)c(COP(=O)(OCc4c(F)cc(-c5ccc(-n6cc(C(C)(C)O)nc6C(C)(C)c6c(Cl)cccc6Cl)c(F)c5)cc4S(C)(=O)=O)OCc4c(F)cc(-c5ccc(-n6cc(C(C)(C)O)nc6C(C)(C)c6c(Cl)cccc6Cl)c(F)c5)cc4S(C)(=O)=O)c(S(C)(=O)=O)c3)cc2F)c(C(C)(C)c2c(Cl)cccc2Cl)n1. The molecule has 0 atom stereocenters. The third-order valence-electron chi connectivity index (χ3n) is 20.8. The van der Waals surface area contributed by atoms with Crippen LogP contribution in [0.2, 0.25) is 30.1 Å². The lowest BCUT2D eigenvalue weighted by Crippen LogP contribution is -2.25. The molecule has 0 bridgehead atoms. The Morgan fingerprint density at radius 3 is 0.754 bits per heavy atom. The highest BCUT2D eigenvalue weighted by atomic mass is 35.5. The molecule has 0 aliphatic rings. The van der Waals surface area contributed by atoms with Crippen LogP contribution in [-0.2, 0) is 101 Å². The lowest BCUT2D eigenvalue weighted by atomic mass is 9.83. The zero-order valence-corrected chi connectivity index (χ0v) is 75.9. The molecule has 0 aliphatic carbocycles. The molecule has 3 heterocycles. The monoisotopic (exact) mass is 1870 g/mol. The van der Waals surface area contributed by atoms with Crippen molar-refractivity contribution in [3.63, 3.8) is 0 Å². The van der Waals surface area contributed by atoms with Crippen LogP contribution in [0.3, 0.4) is 0 Å². The predicted molar refractivity (Wildman–Crippen MR) is 460 cm³/mol. The second-order valence-electron chi connectivity index (χ2n) is 32.7. The van der Waals surface area contributed by atoms with E-state index in [1.165, 1.54) is 110 Å². The number of phosphoric ester groups is 1. The summed E-state index contributed by atoms with van der Waals surface area (Å²) in [5, 5.41) is 35.0. The van der Waals surface area contributed by atoms with E-state index < -0.39 is 156 Å². The fraction of sp³-hybridized carbons (Fsp3) is 0.276. The standard InChI is InChI=1S/C87H81Cl6F6N6O13PS3/c1-82(2,76-55(88)19-16-20-56(76)89)79-100-73(85(7,8)106)40-103(79)67-28-25-46(31-64(67)97)49-34-61(94)52(70(37-49)120(13,110)111)43-116-119(109,117-44-53-62(95)35-50(38-71(53)121(14,112)113)47-26-29-68(65(98)32-47)104-41-74(86(9,10)107)101-80(104)83(3,4)77-57(90)21-17-22-58(77)91)118-45-54-63(96)36-51(39-72(54)122(15,114)115)48-27-30-69(66(99)33-48)105-42-75(87(11,12)108)102-81(105)84(5,6)78-59(92)23-18-24-60(78)93/h16-42,106-108H,43-45H2,1-15H3.